The summed E-state index contributed by atoms with van der Waals surface area (Å²) < 4.78 is 29.6. The fourth-order valence-electron chi connectivity index (χ4n) is 1.03. The molecule has 1 heterocycles. The minimum Gasteiger partial charge on any atom is -0.480 e. The van der Waals surface area contributed by atoms with Crippen LogP contribution in [0.4, 0.5) is 14.5 Å². The summed E-state index contributed by atoms with van der Waals surface area (Å²) in [6.07, 6.45) is -2.68. The molecule has 0 saturated heterocycles. The Hall–Kier alpha value is -1.10. The highest BCUT2D eigenvalue weighted by molar-refractivity contribution is 6.17. The summed E-state index contributed by atoms with van der Waals surface area (Å²) >= 11 is 5.47. The van der Waals surface area contributed by atoms with Gasteiger partial charge in [-0.1, -0.05) is 0 Å². The van der Waals surface area contributed by atoms with Crippen LogP contribution >= 0.6 is 11.6 Å². The molecule has 2 N–H and O–H groups in total. The Morgan fingerprint density at radius 3 is 2.71 bits per heavy atom. The summed E-state index contributed by atoms with van der Waals surface area (Å²) in [6.45, 7) is 0. The number of hydrogen-bond donors (Lipinski definition) is 1. The number of hydrogen-bond acceptors (Lipinski definition) is 3. The van der Waals surface area contributed by atoms with Crippen LogP contribution in [0, 0.1) is 0 Å². The smallest absolute Gasteiger partial charge is 0.280 e. The first-order valence-corrected chi connectivity index (χ1v) is 4.31. The Morgan fingerprint density at radius 1 is 1.64 bits per heavy atom. The van der Waals surface area contributed by atoms with Crippen LogP contribution in [0.3, 0.4) is 0 Å². The Morgan fingerprint density at radius 2 is 2.29 bits per heavy atom. The third kappa shape index (κ3) is 2.04. The van der Waals surface area contributed by atoms with Gasteiger partial charge >= 0.3 is 0 Å². The van der Waals surface area contributed by atoms with Crippen molar-refractivity contribution in [2.45, 2.75) is 12.3 Å². The molecule has 6 heteroatoms. The fourth-order valence-corrected chi connectivity index (χ4v) is 1.24. The van der Waals surface area contributed by atoms with E-state index in [1.165, 1.54) is 13.2 Å². The zero-order chi connectivity index (χ0) is 10.7. The van der Waals surface area contributed by atoms with Gasteiger partial charge in [0.15, 0.2) is 0 Å². The van der Waals surface area contributed by atoms with Gasteiger partial charge in [0.05, 0.1) is 12.8 Å². The maximum absolute atomic E-state index is 12.4. The summed E-state index contributed by atoms with van der Waals surface area (Å²) in [7, 11) is 1.31. The number of nitrogen functional groups attached to an aromatic ring is 1. The number of methoxy groups -OCH3 is 1. The van der Waals surface area contributed by atoms with Crippen molar-refractivity contribution in [3.8, 4) is 5.88 Å². The van der Waals surface area contributed by atoms with E-state index in [-0.39, 0.29) is 28.7 Å². The molecule has 0 unspecified atom stereocenters. The van der Waals surface area contributed by atoms with E-state index in [2.05, 4.69) is 4.98 Å². The minimum absolute atomic E-state index is 0.00540. The molecule has 1 rings (SSSR count). The molecule has 0 saturated carbocycles. The number of alkyl halides is 3. The fraction of sp³-hybridized carbons (Fsp3) is 0.375. The number of anilines is 1. The van der Waals surface area contributed by atoms with Crippen LogP contribution in [0.5, 0.6) is 5.88 Å². The summed E-state index contributed by atoms with van der Waals surface area (Å²) in [4.78, 5) is 3.58. The number of pyridine rings is 1. The third-order valence-electron chi connectivity index (χ3n) is 1.67. The van der Waals surface area contributed by atoms with E-state index < -0.39 is 6.43 Å². The Bertz CT molecular complexity index is 333. The van der Waals surface area contributed by atoms with Gasteiger partial charge in [0.25, 0.3) is 6.43 Å². The molecule has 0 fully saturated rings. The second kappa shape index (κ2) is 4.41. The molecule has 1 aromatic rings. The number of nitrogens with two attached hydrogens (primary N) is 1. The molecule has 0 aliphatic rings. The van der Waals surface area contributed by atoms with Crippen molar-refractivity contribution in [2.75, 3.05) is 12.8 Å². The lowest BCUT2D eigenvalue weighted by molar-refractivity contribution is 0.144. The first kappa shape index (κ1) is 11.0. The average Bonchev–Trinajstić information content (AvgIpc) is 2.16. The van der Waals surface area contributed by atoms with Gasteiger partial charge in [-0.15, -0.1) is 11.6 Å². The summed E-state index contributed by atoms with van der Waals surface area (Å²) in [6, 6.07) is 1.35. The van der Waals surface area contributed by atoms with Crippen LogP contribution in [0.25, 0.3) is 0 Å². The third-order valence-corrected chi connectivity index (χ3v) is 1.96. The molecule has 0 aliphatic heterocycles. The van der Waals surface area contributed by atoms with Crippen LogP contribution in [-0.2, 0) is 5.88 Å². The van der Waals surface area contributed by atoms with E-state index >= 15 is 0 Å². The molecule has 3 nitrogen and oxygen atoms in total. The van der Waals surface area contributed by atoms with Crippen molar-refractivity contribution in [3.63, 3.8) is 0 Å². The van der Waals surface area contributed by atoms with Gasteiger partial charge in [-0.05, 0) is 11.6 Å². The Labute approximate surface area is 84.8 Å². The Balaban J connectivity index is 3.25. The van der Waals surface area contributed by atoms with Gasteiger partial charge in [0.1, 0.15) is 5.69 Å². The van der Waals surface area contributed by atoms with Crippen LogP contribution in [0.1, 0.15) is 17.7 Å². The van der Waals surface area contributed by atoms with Crippen molar-refractivity contribution in [2.24, 2.45) is 0 Å². The highest BCUT2D eigenvalue weighted by Gasteiger charge is 2.17. The van der Waals surface area contributed by atoms with Gasteiger partial charge in [-0.2, -0.15) is 0 Å². The molecule has 0 atom stereocenters. The monoisotopic (exact) mass is 222 g/mol. The zero-order valence-electron chi connectivity index (χ0n) is 7.43. The number of halogens is 3. The quantitative estimate of drug-likeness (QED) is 0.799. The van der Waals surface area contributed by atoms with Crippen LogP contribution in [-0.4, -0.2) is 12.1 Å². The lowest BCUT2D eigenvalue weighted by Gasteiger charge is -2.09. The zero-order valence-corrected chi connectivity index (χ0v) is 8.18. The maximum Gasteiger partial charge on any atom is 0.280 e. The van der Waals surface area contributed by atoms with E-state index in [1.807, 2.05) is 0 Å². The molecule has 0 aromatic carbocycles. The molecule has 0 radical (unpaired) electrons. The highest BCUT2D eigenvalue weighted by Crippen LogP contribution is 2.28. The molecule has 14 heavy (non-hydrogen) atoms. The SMILES string of the molecule is COc1nc(C(F)F)c(CCl)cc1N. The molecule has 0 amide bonds. The lowest BCUT2D eigenvalue weighted by Crippen LogP contribution is -2.03. The average molecular weight is 223 g/mol. The van der Waals surface area contributed by atoms with Crippen molar-refractivity contribution < 1.29 is 13.5 Å². The number of nitrogens with zero attached hydrogens (tertiary/aromatic N) is 1. The van der Waals surface area contributed by atoms with E-state index in [9.17, 15) is 8.78 Å². The van der Waals surface area contributed by atoms with E-state index in [1.54, 1.807) is 0 Å². The van der Waals surface area contributed by atoms with Crippen molar-refractivity contribution in [1.82, 2.24) is 4.98 Å². The normalized spacial score (nSPS) is 10.6. The van der Waals surface area contributed by atoms with Crippen molar-refractivity contribution in [3.05, 3.63) is 17.3 Å². The van der Waals surface area contributed by atoms with Crippen LogP contribution < -0.4 is 10.5 Å². The predicted molar refractivity (Wildman–Crippen MR) is 49.7 cm³/mol. The standard InChI is InChI=1S/C8H9ClF2N2O/c1-14-8-5(12)2-4(3-9)6(13-8)7(10)11/h2,7H,3,12H2,1H3. The molecule has 78 valence electrons. The molecule has 0 spiro atoms. The topological polar surface area (TPSA) is 48.1 Å². The first-order valence-electron chi connectivity index (χ1n) is 3.77. The summed E-state index contributed by atoms with van der Waals surface area (Å²) in [5, 5.41) is 0. The van der Waals surface area contributed by atoms with Crippen molar-refractivity contribution in [1.29, 1.82) is 0 Å². The predicted octanol–water partition coefficient (Wildman–Crippen LogP) is 2.35. The molecule has 1 aromatic heterocycles. The molecular weight excluding hydrogens is 214 g/mol. The summed E-state index contributed by atoms with van der Waals surface area (Å²) in [5.74, 6) is -0.0601. The summed E-state index contributed by atoms with van der Waals surface area (Å²) in [5.41, 5.74) is 5.53. The number of ether oxygens (including phenoxy) is 1. The first-order chi connectivity index (χ1) is 6.60. The molecular formula is C8H9ClF2N2O. The number of rotatable bonds is 3. The van der Waals surface area contributed by atoms with E-state index in [0.29, 0.717) is 0 Å². The largest absolute Gasteiger partial charge is 0.480 e. The van der Waals surface area contributed by atoms with Crippen LogP contribution in [0.2, 0.25) is 0 Å². The van der Waals surface area contributed by atoms with Crippen LogP contribution in [0.15, 0.2) is 6.07 Å². The van der Waals surface area contributed by atoms with Gasteiger partial charge in [0, 0.05) is 5.88 Å². The molecule has 0 aliphatic carbocycles. The van der Waals surface area contributed by atoms with Gasteiger partial charge < -0.3 is 10.5 Å². The highest BCUT2D eigenvalue weighted by atomic mass is 35.5. The maximum atomic E-state index is 12.4. The molecule has 0 bridgehead atoms. The van der Waals surface area contributed by atoms with Gasteiger partial charge in [0.2, 0.25) is 5.88 Å². The Kier molecular flexibility index (Phi) is 3.46. The van der Waals surface area contributed by atoms with Gasteiger partial charge in [-0.3, -0.25) is 0 Å². The van der Waals surface area contributed by atoms with E-state index in [0.717, 1.165) is 0 Å². The van der Waals surface area contributed by atoms with Crippen molar-refractivity contribution >= 4 is 17.3 Å². The van der Waals surface area contributed by atoms with E-state index in [4.69, 9.17) is 22.1 Å². The second-order valence-corrected chi connectivity index (χ2v) is 2.83. The van der Waals surface area contributed by atoms with Gasteiger partial charge in [-0.25, -0.2) is 13.8 Å². The lowest BCUT2D eigenvalue weighted by atomic mass is 10.2. The minimum atomic E-state index is -2.68. The number of aromatic nitrogens is 1. The second-order valence-electron chi connectivity index (χ2n) is 2.57.